The van der Waals surface area contributed by atoms with E-state index in [-0.39, 0.29) is 29.2 Å². The molecule has 5 rings (SSSR count). The highest BCUT2D eigenvalue weighted by molar-refractivity contribution is 6.00. The molecular formula is C23H29N7O4. The fourth-order valence-corrected chi connectivity index (χ4v) is 4.56. The smallest absolute Gasteiger partial charge is 0.274 e. The Hall–Kier alpha value is -3.44. The predicted octanol–water partition coefficient (Wildman–Crippen LogP) is 1.67. The lowest BCUT2D eigenvalue weighted by Gasteiger charge is -2.45. The summed E-state index contributed by atoms with van der Waals surface area (Å²) < 4.78 is 8.65. The molecule has 11 nitrogen and oxygen atoms in total. The minimum atomic E-state index is -0.512. The van der Waals surface area contributed by atoms with Gasteiger partial charge in [0.25, 0.3) is 11.5 Å². The molecule has 0 aliphatic heterocycles. The molecule has 0 unspecified atom stereocenters. The number of aromatic nitrogens is 4. The van der Waals surface area contributed by atoms with Crippen molar-refractivity contribution in [1.29, 1.82) is 0 Å². The van der Waals surface area contributed by atoms with E-state index in [0.29, 0.717) is 35.0 Å². The average Bonchev–Trinajstić information content (AvgIpc) is 3.26. The Bertz CT molecular complexity index is 1300. The Balaban J connectivity index is 1.46. The monoisotopic (exact) mass is 467 g/mol. The molecule has 3 aromatic heterocycles. The van der Waals surface area contributed by atoms with Crippen molar-refractivity contribution in [2.75, 3.05) is 24.8 Å². The molecular weight excluding hydrogens is 438 g/mol. The third-order valence-electron chi connectivity index (χ3n) is 7.21. The summed E-state index contributed by atoms with van der Waals surface area (Å²) in [5, 5.41) is 23.5. The van der Waals surface area contributed by atoms with Crippen LogP contribution in [0.2, 0.25) is 0 Å². The number of methoxy groups -OCH3 is 1. The molecule has 0 aromatic carbocycles. The highest BCUT2D eigenvalue weighted by Crippen LogP contribution is 2.35. The number of aliphatic hydroxyl groups excluding tert-OH is 1. The van der Waals surface area contributed by atoms with Crippen LogP contribution in [0.4, 0.5) is 17.3 Å². The summed E-state index contributed by atoms with van der Waals surface area (Å²) in [6.07, 6.45) is 5.83. The van der Waals surface area contributed by atoms with Crippen molar-refractivity contribution in [3.8, 4) is 0 Å². The summed E-state index contributed by atoms with van der Waals surface area (Å²) in [5.41, 5.74) is 0.394. The molecule has 0 radical (unpaired) electrons. The highest BCUT2D eigenvalue weighted by Gasteiger charge is 2.44. The number of pyridine rings is 1. The molecule has 4 atom stereocenters. The summed E-state index contributed by atoms with van der Waals surface area (Å²) in [7, 11) is 3.39. The number of rotatable bonds is 7. The second-order valence-electron chi connectivity index (χ2n) is 9.12. The zero-order chi connectivity index (χ0) is 24.0. The number of hydrogen-bond acceptors (Lipinski definition) is 8. The van der Waals surface area contributed by atoms with Gasteiger partial charge in [-0.05, 0) is 44.7 Å². The first-order valence-corrected chi connectivity index (χ1v) is 11.4. The van der Waals surface area contributed by atoms with E-state index < -0.39 is 6.10 Å². The van der Waals surface area contributed by atoms with Crippen molar-refractivity contribution in [3.05, 3.63) is 46.5 Å². The Morgan fingerprint density at radius 1 is 1.32 bits per heavy atom. The van der Waals surface area contributed by atoms with E-state index in [4.69, 9.17) is 4.74 Å². The molecule has 2 aliphatic carbocycles. The van der Waals surface area contributed by atoms with Gasteiger partial charge in [-0.25, -0.2) is 4.98 Å². The van der Waals surface area contributed by atoms with Crippen LogP contribution in [-0.2, 0) is 4.74 Å². The van der Waals surface area contributed by atoms with E-state index in [1.807, 2.05) is 6.92 Å². The van der Waals surface area contributed by atoms with Crippen LogP contribution >= 0.6 is 0 Å². The van der Waals surface area contributed by atoms with Crippen LogP contribution in [0.5, 0.6) is 0 Å². The molecule has 180 valence electrons. The van der Waals surface area contributed by atoms with Crippen LogP contribution in [0.15, 0.2) is 35.4 Å². The van der Waals surface area contributed by atoms with Crippen LogP contribution in [-0.4, -0.2) is 62.1 Å². The summed E-state index contributed by atoms with van der Waals surface area (Å²) in [6.45, 7) is 1.98. The number of carbonyl (C=O) groups is 1. The van der Waals surface area contributed by atoms with E-state index >= 15 is 0 Å². The number of ether oxygens (including phenoxy) is 1. The molecule has 0 spiro atoms. The molecule has 0 bridgehead atoms. The van der Waals surface area contributed by atoms with Crippen molar-refractivity contribution in [1.82, 2.24) is 24.5 Å². The number of fused-ring (bicyclic) bond motifs is 1. The van der Waals surface area contributed by atoms with Crippen molar-refractivity contribution in [2.24, 2.45) is 0 Å². The maximum atomic E-state index is 13.1. The van der Waals surface area contributed by atoms with Gasteiger partial charge >= 0.3 is 0 Å². The van der Waals surface area contributed by atoms with Crippen molar-refractivity contribution < 1.29 is 14.6 Å². The van der Waals surface area contributed by atoms with Gasteiger partial charge in [0.15, 0.2) is 5.65 Å². The van der Waals surface area contributed by atoms with Crippen LogP contribution in [0.1, 0.15) is 49.0 Å². The van der Waals surface area contributed by atoms with Crippen LogP contribution in [0.25, 0.3) is 5.65 Å². The summed E-state index contributed by atoms with van der Waals surface area (Å²) in [5.74, 6) is 0.707. The van der Waals surface area contributed by atoms with Crippen molar-refractivity contribution in [3.63, 3.8) is 0 Å². The predicted molar refractivity (Wildman–Crippen MR) is 127 cm³/mol. The molecule has 2 fully saturated rings. The zero-order valence-corrected chi connectivity index (χ0v) is 19.4. The first kappa shape index (κ1) is 22.4. The van der Waals surface area contributed by atoms with Gasteiger partial charge in [-0.15, -0.1) is 0 Å². The van der Waals surface area contributed by atoms with Gasteiger partial charge in [0.2, 0.25) is 0 Å². The third-order valence-corrected chi connectivity index (χ3v) is 7.21. The molecule has 2 saturated carbocycles. The Kier molecular flexibility index (Phi) is 5.53. The van der Waals surface area contributed by atoms with Gasteiger partial charge < -0.3 is 30.4 Å². The number of carbonyl (C=O) groups excluding carboxylic acids is 1. The number of anilines is 3. The maximum absolute atomic E-state index is 13.1. The van der Waals surface area contributed by atoms with E-state index in [0.717, 1.165) is 19.3 Å². The van der Waals surface area contributed by atoms with Crippen molar-refractivity contribution in [2.45, 2.75) is 56.4 Å². The molecule has 4 N–H and O–H groups in total. The standard InChI is InChI=1S/C23H29N7O4/c1-23(34-3)9-8-17(23)27-21(32)13-12-25-30-19(24-2)11-18(28-20(13)30)26-14-5-4-10-29(22(14)33)15-6-7-16(15)31/h4-5,10-12,15-17,24,31H,6-9H2,1-3H3,(H,26,28)(H,27,32)/t15-,16-,17-,23-/m1/s1. The van der Waals surface area contributed by atoms with Gasteiger partial charge in [0, 0.05) is 26.4 Å². The minimum absolute atomic E-state index is 0.0883. The number of nitrogens with zero attached hydrogens (tertiary/aromatic N) is 4. The van der Waals surface area contributed by atoms with Gasteiger partial charge in [-0.2, -0.15) is 9.61 Å². The first-order valence-electron chi connectivity index (χ1n) is 11.4. The lowest BCUT2D eigenvalue weighted by atomic mass is 9.76. The van der Waals surface area contributed by atoms with Crippen LogP contribution in [0.3, 0.4) is 0 Å². The van der Waals surface area contributed by atoms with E-state index in [9.17, 15) is 14.7 Å². The third kappa shape index (κ3) is 3.61. The van der Waals surface area contributed by atoms with Crippen LogP contribution < -0.4 is 21.5 Å². The minimum Gasteiger partial charge on any atom is -0.391 e. The molecule has 3 aromatic rings. The zero-order valence-electron chi connectivity index (χ0n) is 19.4. The fraction of sp³-hybridized carbons (Fsp3) is 0.478. The summed E-state index contributed by atoms with van der Waals surface area (Å²) in [6, 6.07) is 4.84. The number of nitrogens with one attached hydrogen (secondary N) is 3. The Morgan fingerprint density at radius 2 is 2.15 bits per heavy atom. The first-order chi connectivity index (χ1) is 16.3. The SMILES string of the molecule is CNc1cc(Nc2cccn([C@@H]3CC[C@H]3O)c2=O)nc2c(C(=O)N[C@@H]3CC[C@@]3(C)OC)cnn12. The molecule has 0 saturated heterocycles. The number of aliphatic hydroxyl groups is 1. The maximum Gasteiger partial charge on any atom is 0.274 e. The lowest BCUT2D eigenvalue weighted by molar-refractivity contribution is -0.0828. The van der Waals surface area contributed by atoms with Crippen molar-refractivity contribution >= 4 is 28.9 Å². The van der Waals surface area contributed by atoms with Gasteiger partial charge in [0.1, 0.15) is 22.9 Å². The number of amides is 1. The second-order valence-corrected chi connectivity index (χ2v) is 9.12. The van der Waals surface area contributed by atoms with Gasteiger partial charge in [-0.1, -0.05) is 0 Å². The van der Waals surface area contributed by atoms with Crippen LogP contribution in [0, 0.1) is 0 Å². The number of hydrogen-bond donors (Lipinski definition) is 4. The lowest BCUT2D eigenvalue weighted by Crippen LogP contribution is -2.59. The normalized spacial score (nSPS) is 25.9. The quantitative estimate of drug-likeness (QED) is 0.412. The van der Waals surface area contributed by atoms with E-state index in [2.05, 4.69) is 26.0 Å². The Morgan fingerprint density at radius 3 is 2.76 bits per heavy atom. The molecule has 1 amide bonds. The highest BCUT2D eigenvalue weighted by atomic mass is 16.5. The summed E-state index contributed by atoms with van der Waals surface area (Å²) >= 11 is 0. The topological polar surface area (TPSA) is 135 Å². The van der Waals surface area contributed by atoms with E-state index in [1.165, 1.54) is 6.20 Å². The molecule has 11 heteroatoms. The average molecular weight is 468 g/mol. The molecule has 34 heavy (non-hydrogen) atoms. The van der Waals surface area contributed by atoms with E-state index in [1.54, 1.807) is 47.6 Å². The Labute approximate surface area is 196 Å². The van der Waals surface area contributed by atoms with Gasteiger partial charge in [-0.3, -0.25) is 9.59 Å². The second kappa shape index (κ2) is 8.41. The molecule has 3 heterocycles. The largest absolute Gasteiger partial charge is 0.391 e. The summed E-state index contributed by atoms with van der Waals surface area (Å²) in [4.78, 5) is 30.7. The molecule has 2 aliphatic rings. The fourth-order valence-electron chi connectivity index (χ4n) is 4.56. The van der Waals surface area contributed by atoms with Gasteiger partial charge in [0.05, 0.1) is 30.0 Å².